The van der Waals surface area contributed by atoms with Gasteiger partial charge in [0.05, 0.1) is 18.1 Å². The van der Waals surface area contributed by atoms with Crippen LogP contribution in [0, 0.1) is 5.92 Å². The molecule has 3 amide bonds. The fourth-order valence-corrected chi connectivity index (χ4v) is 5.71. The van der Waals surface area contributed by atoms with Crippen LogP contribution in [-0.2, 0) is 31.7 Å². The standard InChI is InChI=1S/C33H43F3N6O5/c1-2-47-31(46)26(12-7-17-40-32(38)39)41-30(45)27(21-8-4-3-5-9-21)42-29(44)25(18-20-13-15-22(16-14-20)28(37)43)23-10-6-11-24(19-23)33(34,35)36/h6,10-11,13-16,19,21,25-27H,2-5,7-9,12,17-18H2,1H3,(H2,37,43)(H,41,45)(H,42,44)(H4,38,39,40)/t25-,26?,27-/m0/s1. The van der Waals surface area contributed by atoms with Gasteiger partial charge in [-0.25, -0.2) is 4.79 Å². The second-order valence-corrected chi connectivity index (χ2v) is 11.6. The zero-order valence-electron chi connectivity index (χ0n) is 26.4. The SMILES string of the molecule is CCOC(=O)C(CCCN=C(N)N)NC(=O)[C@@H](NC(=O)[C@@H](Cc1ccc(C(N)=O)cc1)c1cccc(C(F)(F)F)c1)C1CCCCC1. The number of nitrogens with one attached hydrogen (secondary N) is 2. The van der Waals surface area contributed by atoms with Gasteiger partial charge in [-0.2, -0.15) is 13.2 Å². The van der Waals surface area contributed by atoms with Gasteiger partial charge in [-0.15, -0.1) is 0 Å². The second-order valence-electron chi connectivity index (χ2n) is 11.6. The van der Waals surface area contributed by atoms with Crippen molar-refractivity contribution in [1.82, 2.24) is 10.6 Å². The number of alkyl halides is 3. The maximum absolute atomic E-state index is 14.1. The Morgan fingerprint density at radius 1 is 0.957 bits per heavy atom. The molecule has 14 heteroatoms. The first-order valence-corrected chi connectivity index (χ1v) is 15.7. The van der Waals surface area contributed by atoms with Crippen molar-refractivity contribution in [2.24, 2.45) is 28.1 Å². The zero-order valence-corrected chi connectivity index (χ0v) is 26.4. The van der Waals surface area contributed by atoms with Crippen LogP contribution >= 0.6 is 0 Å². The quantitative estimate of drug-likeness (QED) is 0.0837. The average Bonchev–Trinajstić information content (AvgIpc) is 3.04. The molecule has 3 atom stereocenters. The molecule has 11 nitrogen and oxygen atoms in total. The summed E-state index contributed by atoms with van der Waals surface area (Å²) in [6.07, 6.45) is -0.264. The van der Waals surface area contributed by atoms with Crippen LogP contribution in [0.1, 0.15) is 84.8 Å². The fraction of sp³-hybridized carbons (Fsp3) is 0.485. The highest BCUT2D eigenvalue weighted by Gasteiger charge is 2.36. The van der Waals surface area contributed by atoms with Crippen LogP contribution in [0.25, 0.3) is 0 Å². The molecule has 1 fully saturated rings. The topological polar surface area (TPSA) is 192 Å². The van der Waals surface area contributed by atoms with Gasteiger partial charge in [-0.1, -0.05) is 49.6 Å². The van der Waals surface area contributed by atoms with E-state index >= 15 is 0 Å². The van der Waals surface area contributed by atoms with Crippen LogP contribution in [0.3, 0.4) is 0 Å². The monoisotopic (exact) mass is 660 g/mol. The third kappa shape index (κ3) is 11.3. The van der Waals surface area contributed by atoms with Crippen LogP contribution in [0.4, 0.5) is 13.2 Å². The molecule has 3 rings (SSSR count). The van der Waals surface area contributed by atoms with Crippen LogP contribution in [-0.4, -0.2) is 54.9 Å². The Bertz CT molecular complexity index is 1410. The minimum Gasteiger partial charge on any atom is -0.464 e. The molecule has 0 heterocycles. The molecule has 0 aliphatic heterocycles. The van der Waals surface area contributed by atoms with Gasteiger partial charge in [-0.3, -0.25) is 19.4 Å². The lowest BCUT2D eigenvalue weighted by Crippen LogP contribution is -2.55. The molecule has 0 aromatic heterocycles. The van der Waals surface area contributed by atoms with Gasteiger partial charge in [-0.05, 0) is 74.3 Å². The van der Waals surface area contributed by atoms with E-state index in [1.54, 1.807) is 19.1 Å². The van der Waals surface area contributed by atoms with Crippen molar-refractivity contribution in [3.63, 3.8) is 0 Å². The van der Waals surface area contributed by atoms with E-state index in [1.165, 1.54) is 24.3 Å². The number of guanidine groups is 1. The Balaban J connectivity index is 1.93. The minimum absolute atomic E-state index is 0.0264. The molecule has 0 saturated heterocycles. The minimum atomic E-state index is -4.64. The highest BCUT2D eigenvalue weighted by molar-refractivity contribution is 5.94. The number of aliphatic imine (C=N–C) groups is 1. The first-order chi connectivity index (χ1) is 22.3. The third-order valence-electron chi connectivity index (χ3n) is 8.15. The van der Waals surface area contributed by atoms with Gasteiger partial charge in [0, 0.05) is 12.1 Å². The molecule has 0 radical (unpaired) electrons. The number of ether oxygens (including phenoxy) is 1. The highest BCUT2D eigenvalue weighted by atomic mass is 19.4. The molecule has 0 spiro atoms. The molecule has 47 heavy (non-hydrogen) atoms. The lowest BCUT2D eigenvalue weighted by atomic mass is 9.82. The van der Waals surface area contributed by atoms with Gasteiger partial charge >= 0.3 is 12.1 Å². The van der Waals surface area contributed by atoms with Crippen molar-refractivity contribution >= 4 is 29.7 Å². The Labute approximate surface area is 271 Å². The number of hydrogen-bond donors (Lipinski definition) is 5. The number of halogens is 3. The fourth-order valence-electron chi connectivity index (χ4n) is 5.71. The molecular formula is C33H43F3N6O5. The summed E-state index contributed by atoms with van der Waals surface area (Å²) >= 11 is 0. The first-order valence-electron chi connectivity index (χ1n) is 15.7. The Kier molecular flexibility index (Phi) is 13.6. The Hall–Kier alpha value is -4.62. The maximum Gasteiger partial charge on any atom is 0.416 e. The van der Waals surface area contributed by atoms with Crippen LogP contribution in [0.5, 0.6) is 0 Å². The van der Waals surface area contributed by atoms with Crippen LogP contribution < -0.4 is 27.8 Å². The van der Waals surface area contributed by atoms with E-state index in [2.05, 4.69) is 15.6 Å². The maximum atomic E-state index is 14.1. The molecule has 2 aromatic rings. The molecule has 1 unspecified atom stereocenters. The van der Waals surface area contributed by atoms with E-state index in [0.717, 1.165) is 31.4 Å². The van der Waals surface area contributed by atoms with E-state index < -0.39 is 53.4 Å². The van der Waals surface area contributed by atoms with E-state index in [1.807, 2.05) is 0 Å². The zero-order chi connectivity index (χ0) is 34.6. The van der Waals surface area contributed by atoms with Gasteiger partial charge < -0.3 is 32.6 Å². The number of nitrogens with zero attached hydrogens (tertiary/aromatic N) is 1. The normalized spacial score (nSPS) is 15.5. The number of esters is 1. The number of rotatable bonds is 15. The summed E-state index contributed by atoms with van der Waals surface area (Å²) in [4.78, 5) is 56.1. The molecular weight excluding hydrogens is 617 g/mol. The number of hydrogen-bond acceptors (Lipinski definition) is 6. The van der Waals surface area contributed by atoms with Crippen molar-refractivity contribution in [2.75, 3.05) is 13.2 Å². The summed E-state index contributed by atoms with van der Waals surface area (Å²) in [5.74, 6) is -4.07. The molecule has 1 aliphatic carbocycles. The number of primary amides is 1. The third-order valence-corrected chi connectivity index (χ3v) is 8.15. The predicted molar refractivity (Wildman–Crippen MR) is 170 cm³/mol. The molecule has 1 saturated carbocycles. The number of carbonyl (C=O) groups is 4. The molecule has 8 N–H and O–H groups in total. The smallest absolute Gasteiger partial charge is 0.416 e. The van der Waals surface area contributed by atoms with E-state index in [9.17, 15) is 32.3 Å². The van der Waals surface area contributed by atoms with E-state index in [0.29, 0.717) is 24.8 Å². The van der Waals surface area contributed by atoms with Crippen molar-refractivity contribution in [3.05, 3.63) is 70.8 Å². The summed E-state index contributed by atoms with van der Waals surface area (Å²) in [6.45, 7) is 1.94. The summed E-state index contributed by atoms with van der Waals surface area (Å²) in [7, 11) is 0. The lowest BCUT2D eigenvalue weighted by molar-refractivity contribution is -0.148. The van der Waals surface area contributed by atoms with Gasteiger partial charge in [0.15, 0.2) is 5.96 Å². The van der Waals surface area contributed by atoms with Crippen LogP contribution in [0.15, 0.2) is 53.5 Å². The highest BCUT2D eigenvalue weighted by Crippen LogP contribution is 2.33. The molecule has 256 valence electrons. The predicted octanol–water partition coefficient (Wildman–Crippen LogP) is 3.30. The van der Waals surface area contributed by atoms with Crippen LogP contribution in [0.2, 0.25) is 0 Å². The van der Waals surface area contributed by atoms with Gasteiger partial charge in [0.1, 0.15) is 12.1 Å². The van der Waals surface area contributed by atoms with Gasteiger partial charge in [0.25, 0.3) is 0 Å². The largest absolute Gasteiger partial charge is 0.464 e. The molecule has 2 aromatic carbocycles. The van der Waals surface area contributed by atoms with Crippen molar-refractivity contribution < 1.29 is 37.1 Å². The van der Waals surface area contributed by atoms with Crippen molar-refractivity contribution in [1.29, 1.82) is 0 Å². The lowest BCUT2D eigenvalue weighted by Gasteiger charge is -2.32. The Morgan fingerprint density at radius 3 is 2.23 bits per heavy atom. The number of carbonyl (C=O) groups excluding carboxylic acids is 4. The van der Waals surface area contributed by atoms with E-state index in [-0.39, 0.29) is 49.0 Å². The summed E-state index contributed by atoms with van der Waals surface area (Å²) in [6, 6.07) is 8.49. The Morgan fingerprint density at radius 2 is 1.64 bits per heavy atom. The second kappa shape index (κ2) is 17.3. The van der Waals surface area contributed by atoms with E-state index in [4.69, 9.17) is 21.9 Å². The number of benzene rings is 2. The van der Waals surface area contributed by atoms with Crippen molar-refractivity contribution in [2.45, 2.75) is 82.5 Å². The summed E-state index contributed by atoms with van der Waals surface area (Å²) < 4.78 is 46.2. The van der Waals surface area contributed by atoms with Gasteiger partial charge in [0.2, 0.25) is 17.7 Å². The number of amides is 3. The first kappa shape index (κ1) is 36.8. The summed E-state index contributed by atoms with van der Waals surface area (Å²) in [5.41, 5.74) is 16.1. The molecule has 0 bridgehead atoms. The summed E-state index contributed by atoms with van der Waals surface area (Å²) in [5, 5.41) is 5.57. The van der Waals surface area contributed by atoms with Crippen molar-refractivity contribution in [3.8, 4) is 0 Å². The number of nitrogens with two attached hydrogens (primary N) is 3. The average molecular weight is 661 g/mol. The molecule has 1 aliphatic rings.